The molecule has 1 atom stereocenters. The normalized spacial score (nSPS) is 11.6. The second-order valence-corrected chi connectivity index (χ2v) is 6.77. The summed E-state index contributed by atoms with van der Waals surface area (Å²) in [4.78, 5) is 12.0. The molecule has 0 unspecified atom stereocenters. The van der Waals surface area contributed by atoms with E-state index in [0.717, 1.165) is 18.2 Å². The fraction of sp³-hybridized carbons (Fsp3) is 0.105. The summed E-state index contributed by atoms with van der Waals surface area (Å²) in [5.41, 5.74) is 6.80. The lowest BCUT2D eigenvalue weighted by Gasteiger charge is -2.19. The Morgan fingerprint density at radius 1 is 1.23 bits per heavy atom. The van der Waals surface area contributed by atoms with Gasteiger partial charge in [0.15, 0.2) is 10.8 Å². The first-order valence-corrected chi connectivity index (χ1v) is 9.03. The van der Waals surface area contributed by atoms with E-state index < -0.39 is 17.7 Å². The third-order valence-electron chi connectivity index (χ3n) is 4.47. The van der Waals surface area contributed by atoms with Crippen LogP contribution in [0, 0.1) is 23.0 Å². The minimum absolute atomic E-state index is 0. The highest BCUT2D eigenvalue weighted by Gasteiger charge is 2.21. The Morgan fingerprint density at radius 3 is 2.74 bits per heavy atom. The van der Waals surface area contributed by atoms with Gasteiger partial charge in [0.25, 0.3) is 0 Å². The van der Waals surface area contributed by atoms with Gasteiger partial charge in [0.2, 0.25) is 0 Å². The van der Waals surface area contributed by atoms with Gasteiger partial charge in [-0.25, -0.2) is 28.2 Å². The molecule has 0 radical (unpaired) electrons. The number of halogens is 3. The van der Waals surface area contributed by atoms with Gasteiger partial charge in [-0.15, -0.1) is 0 Å². The number of benzene rings is 1. The molecule has 0 aliphatic rings. The van der Waals surface area contributed by atoms with E-state index >= 15 is 0 Å². The number of hydrogen-bond acceptors (Lipinski definition) is 7. The maximum atomic E-state index is 14.6. The average molecular weight is 461 g/mol. The summed E-state index contributed by atoms with van der Waals surface area (Å²) >= 11 is 6.11. The Balaban J connectivity index is 0.00000272. The molecule has 3 heterocycles. The van der Waals surface area contributed by atoms with E-state index in [-0.39, 0.29) is 47.1 Å². The van der Waals surface area contributed by atoms with Crippen molar-refractivity contribution in [2.75, 3.05) is 11.1 Å². The van der Waals surface area contributed by atoms with Gasteiger partial charge in [0, 0.05) is 11.1 Å². The van der Waals surface area contributed by atoms with E-state index in [2.05, 4.69) is 25.4 Å². The van der Waals surface area contributed by atoms with Gasteiger partial charge >= 0.3 is 0 Å². The van der Waals surface area contributed by atoms with E-state index in [1.54, 1.807) is 13.0 Å². The van der Waals surface area contributed by atoms with E-state index in [9.17, 15) is 14.0 Å². The monoisotopic (exact) mass is 460 g/mol. The van der Waals surface area contributed by atoms with Crippen molar-refractivity contribution in [2.45, 2.75) is 13.0 Å². The summed E-state index contributed by atoms with van der Waals surface area (Å²) in [5.74, 6) is -1.06. The van der Waals surface area contributed by atoms with Gasteiger partial charge in [0.1, 0.15) is 41.2 Å². The summed E-state index contributed by atoms with van der Waals surface area (Å²) in [7, 11) is 0. The standard InChI is InChI=1S/C19H13ClF2N8.H2S/c1-9(28-19-13(6-23)18(24)26-8-27-19)11-5-16-25-7-15(20)30(16)29-17(11)12-4-10(21)2-3-14(12)22;/h2-5,7-9H,1H3,(H3,24,26,27,28);1H2/t9-;/m0./s1. The summed E-state index contributed by atoms with van der Waals surface area (Å²) in [5, 5.41) is 17.0. The molecule has 31 heavy (non-hydrogen) atoms. The predicted octanol–water partition coefficient (Wildman–Crippen LogP) is 3.86. The highest BCUT2D eigenvalue weighted by atomic mass is 35.5. The SMILES string of the molecule is C[C@H](Nc1ncnc(N)c1C#N)c1cc2ncc(Cl)n2nc1-c1cc(F)ccc1F.S. The van der Waals surface area contributed by atoms with Gasteiger partial charge in [-0.1, -0.05) is 11.6 Å². The Morgan fingerprint density at radius 2 is 2.00 bits per heavy atom. The predicted molar refractivity (Wildman–Crippen MR) is 117 cm³/mol. The van der Waals surface area contributed by atoms with Crippen molar-refractivity contribution in [3.63, 3.8) is 0 Å². The zero-order chi connectivity index (χ0) is 21.4. The lowest BCUT2D eigenvalue weighted by molar-refractivity contribution is 0.602. The molecule has 8 nitrogen and oxygen atoms in total. The molecule has 4 rings (SSSR count). The summed E-state index contributed by atoms with van der Waals surface area (Å²) < 4.78 is 29.7. The van der Waals surface area contributed by atoms with Gasteiger partial charge in [0.05, 0.1) is 17.9 Å². The zero-order valence-electron chi connectivity index (χ0n) is 15.9. The number of nitrogens with two attached hydrogens (primary N) is 1. The van der Waals surface area contributed by atoms with Crippen LogP contribution in [0.25, 0.3) is 16.9 Å². The van der Waals surface area contributed by atoms with Crippen molar-refractivity contribution in [3.05, 3.63) is 64.7 Å². The molecule has 0 spiro atoms. The summed E-state index contributed by atoms with van der Waals surface area (Å²) in [6.07, 6.45) is 2.62. The zero-order valence-corrected chi connectivity index (χ0v) is 17.7. The third-order valence-corrected chi connectivity index (χ3v) is 4.73. The Bertz CT molecular complexity index is 1320. The van der Waals surface area contributed by atoms with Crippen LogP contribution in [-0.2, 0) is 0 Å². The van der Waals surface area contributed by atoms with Crippen molar-refractivity contribution >= 4 is 42.4 Å². The summed E-state index contributed by atoms with van der Waals surface area (Å²) in [6, 6.07) is 6.14. The van der Waals surface area contributed by atoms with Gasteiger partial charge < -0.3 is 11.1 Å². The molecule has 1 aromatic carbocycles. The van der Waals surface area contributed by atoms with Crippen LogP contribution in [0.15, 0.2) is 36.8 Å². The first kappa shape index (κ1) is 22.2. The number of nitrogens with zero attached hydrogens (tertiary/aromatic N) is 6. The topological polar surface area (TPSA) is 118 Å². The van der Waals surface area contributed by atoms with E-state index in [4.69, 9.17) is 17.3 Å². The second-order valence-electron chi connectivity index (χ2n) is 6.38. The number of fused-ring (bicyclic) bond motifs is 1. The molecule has 0 saturated carbocycles. The molecular formula is C19H15ClF2N8S. The maximum Gasteiger partial charge on any atom is 0.155 e. The molecule has 0 amide bonds. The quantitative estimate of drug-likeness (QED) is 0.474. The highest BCUT2D eigenvalue weighted by molar-refractivity contribution is 7.59. The van der Waals surface area contributed by atoms with Crippen molar-refractivity contribution in [3.8, 4) is 17.3 Å². The van der Waals surface area contributed by atoms with E-state index in [1.165, 1.54) is 17.0 Å². The Labute approximate surface area is 187 Å². The fourth-order valence-corrected chi connectivity index (χ4v) is 3.19. The van der Waals surface area contributed by atoms with Crippen LogP contribution in [0.3, 0.4) is 0 Å². The van der Waals surface area contributed by atoms with Crippen LogP contribution in [0.4, 0.5) is 20.4 Å². The molecule has 0 fully saturated rings. The number of nitrogens with one attached hydrogen (secondary N) is 1. The number of anilines is 2. The molecule has 158 valence electrons. The van der Waals surface area contributed by atoms with Crippen molar-refractivity contribution in [1.82, 2.24) is 24.6 Å². The number of nitrogen functional groups attached to an aromatic ring is 1. The van der Waals surface area contributed by atoms with Crippen LogP contribution in [0.5, 0.6) is 0 Å². The van der Waals surface area contributed by atoms with Crippen LogP contribution in [0.1, 0.15) is 24.1 Å². The van der Waals surface area contributed by atoms with Crippen molar-refractivity contribution < 1.29 is 8.78 Å². The van der Waals surface area contributed by atoms with Crippen LogP contribution in [0.2, 0.25) is 5.15 Å². The van der Waals surface area contributed by atoms with Gasteiger partial charge in [-0.05, 0) is 31.2 Å². The molecule has 3 aromatic heterocycles. The molecule has 0 aliphatic heterocycles. The molecule has 0 aliphatic carbocycles. The van der Waals surface area contributed by atoms with Crippen LogP contribution in [-0.4, -0.2) is 24.6 Å². The molecule has 4 aromatic rings. The summed E-state index contributed by atoms with van der Waals surface area (Å²) in [6.45, 7) is 1.75. The van der Waals surface area contributed by atoms with Crippen molar-refractivity contribution in [1.29, 1.82) is 5.26 Å². The smallest absolute Gasteiger partial charge is 0.155 e. The van der Waals surface area contributed by atoms with Crippen LogP contribution >= 0.6 is 25.1 Å². The van der Waals surface area contributed by atoms with E-state index in [1.807, 2.05) is 6.07 Å². The number of nitriles is 1. The van der Waals surface area contributed by atoms with Gasteiger partial charge in [-0.2, -0.15) is 23.9 Å². The third kappa shape index (κ3) is 4.08. The average Bonchev–Trinajstić information content (AvgIpc) is 3.09. The number of imidazole rings is 1. The molecule has 0 saturated heterocycles. The van der Waals surface area contributed by atoms with Gasteiger partial charge in [-0.3, -0.25) is 0 Å². The minimum Gasteiger partial charge on any atom is -0.382 e. The number of hydrogen-bond donors (Lipinski definition) is 2. The molecule has 3 N–H and O–H groups in total. The lowest BCUT2D eigenvalue weighted by Crippen LogP contribution is -2.14. The van der Waals surface area contributed by atoms with Crippen molar-refractivity contribution in [2.24, 2.45) is 0 Å². The molecule has 12 heteroatoms. The number of rotatable bonds is 4. The lowest BCUT2D eigenvalue weighted by atomic mass is 10.0. The minimum atomic E-state index is -0.656. The molecule has 0 bridgehead atoms. The Hall–Kier alpha value is -3.49. The Kier molecular flexibility index (Phi) is 6.24. The second kappa shape index (κ2) is 8.71. The number of aromatic nitrogens is 5. The largest absolute Gasteiger partial charge is 0.382 e. The highest BCUT2D eigenvalue weighted by Crippen LogP contribution is 2.32. The first-order valence-electron chi connectivity index (χ1n) is 8.65. The van der Waals surface area contributed by atoms with E-state index in [0.29, 0.717) is 11.2 Å². The fourth-order valence-electron chi connectivity index (χ4n) is 3.02. The molecular weight excluding hydrogens is 446 g/mol. The first-order chi connectivity index (χ1) is 14.4. The maximum absolute atomic E-state index is 14.6. The van der Waals surface area contributed by atoms with Crippen LogP contribution < -0.4 is 11.1 Å².